The number of hydrogen-bond donors (Lipinski definition) is 0. The molecular weight excluding hydrogens is 647 g/mol. The molecular formula is C48H29N5. The molecule has 246 valence electrons. The van der Waals surface area contributed by atoms with Crippen LogP contribution in [0.25, 0.3) is 106 Å². The summed E-state index contributed by atoms with van der Waals surface area (Å²) in [6, 6.07) is 59.6. The number of rotatable bonds is 5. The summed E-state index contributed by atoms with van der Waals surface area (Å²) in [5, 5.41) is 5.01. The van der Waals surface area contributed by atoms with E-state index in [4.69, 9.17) is 19.9 Å². The topological polar surface area (TPSA) is 56.5 Å². The van der Waals surface area contributed by atoms with Crippen molar-refractivity contribution in [2.45, 2.75) is 0 Å². The first-order chi connectivity index (χ1) is 26.3. The van der Waals surface area contributed by atoms with Crippen molar-refractivity contribution in [2.75, 3.05) is 0 Å². The molecule has 0 spiro atoms. The van der Waals surface area contributed by atoms with E-state index < -0.39 is 0 Å². The molecule has 3 aromatic heterocycles. The smallest absolute Gasteiger partial charge is 0.164 e. The maximum Gasteiger partial charge on any atom is 0.164 e. The summed E-state index contributed by atoms with van der Waals surface area (Å²) in [4.78, 5) is 19.9. The van der Waals surface area contributed by atoms with Crippen LogP contribution >= 0.6 is 0 Å². The van der Waals surface area contributed by atoms with Crippen LogP contribution in [0.2, 0.25) is 0 Å². The van der Waals surface area contributed by atoms with Crippen LogP contribution in [-0.4, -0.2) is 24.5 Å². The van der Waals surface area contributed by atoms with E-state index in [1.54, 1.807) is 0 Å². The van der Waals surface area contributed by atoms with Crippen molar-refractivity contribution in [3.63, 3.8) is 0 Å². The Hall–Kier alpha value is -7.24. The van der Waals surface area contributed by atoms with E-state index in [2.05, 4.69) is 108 Å². The molecule has 5 nitrogen and oxygen atoms in total. The number of hydrogen-bond acceptors (Lipinski definition) is 4. The van der Waals surface area contributed by atoms with Gasteiger partial charge in [-0.25, -0.2) is 15.0 Å². The molecule has 0 aliphatic heterocycles. The van der Waals surface area contributed by atoms with Crippen molar-refractivity contribution in [3.05, 3.63) is 176 Å². The fraction of sp³-hybridized carbons (Fsp3) is 0. The molecule has 7 aromatic carbocycles. The third-order valence-corrected chi connectivity index (χ3v) is 10.4. The van der Waals surface area contributed by atoms with Crippen LogP contribution in [0, 0.1) is 0 Å². The summed E-state index contributed by atoms with van der Waals surface area (Å²) in [5.74, 6) is 1.90. The Morgan fingerprint density at radius 2 is 0.981 bits per heavy atom. The summed E-state index contributed by atoms with van der Waals surface area (Å²) < 4.78 is 2.41. The standard InChI is InChI=1S/C48H29N5/c1-3-13-31(14-4-1)46-50-47(32-15-5-2-6-16-32)52-48(51-46)33-18-11-19-35(27-33)53-41-25-24-30-17-12-22-38-36-20-7-8-21-37(36)39-28-34(40-23-9-10-26-49-40)29-42(53)44(39)45(41)43(30)38/h1-29H. The molecule has 0 atom stereocenters. The number of pyridine rings is 1. The van der Waals surface area contributed by atoms with Crippen molar-refractivity contribution in [2.24, 2.45) is 0 Å². The van der Waals surface area contributed by atoms with Crippen LogP contribution < -0.4 is 0 Å². The first-order valence-corrected chi connectivity index (χ1v) is 17.8. The number of fused-ring (bicyclic) bond motifs is 3. The van der Waals surface area contributed by atoms with Gasteiger partial charge >= 0.3 is 0 Å². The molecule has 0 N–H and O–H groups in total. The molecule has 10 aromatic rings. The van der Waals surface area contributed by atoms with E-state index in [-0.39, 0.29) is 0 Å². The minimum atomic E-state index is 0.623. The van der Waals surface area contributed by atoms with Crippen LogP contribution in [0.4, 0.5) is 0 Å². The molecule has 11 rings (SSSR count). The molecule has 1 aliphatic carbocycles. The van der Waals surface area contributed by atoms with Gasteiger partial charge in [0.25, 0.3) is 0 Å². The fourth-order valence-corrected chi connectivity index (χ4v) is 8.07. The largest absolute Gasteiger partial charge is 0.309 e. The monoisotopic (exact) mass is 675 g/mol. The molecule has 0 saturated carbocycles. The van der Waals surface area contributed by atoms with Crippen molar-refractivity contribution in [1.82, 2.24) is 24.5 Å². The molecule has 0 amide bonds. The highest BCUT2D eigenvalue weighted by Crippen LogP contribution is 2.50. The highest BCUT2D eigenvalue weighted by Gasteiger charge is 2.26. The van der Waals surface area contributed by atoms with E-state index in [0.717, 1.165) is 44.7 Å². The summed E-state index contributed by atoms with van der Waals surface area (Å²) in [6.45, 7) is 0. The fourth-order valence-electron chi connectivity index (χ4n) is 8.07. The van der Waals surface area contributed by atoms with Crippen LogP contribution in [0.5, 0.6) is 0 Å². The Morgan fingerprint density at radius 3 is 1.70 bits per heavy atom. The van der Waals surface area contributed by atoms with Crippen molar-refractivity contribution >= 4 is 32.6 Å². The lowest BCUT2D eigenvalue weighted by molar-refractivity contribution is 1.07. The average molecular weight is 676 g/mol. The SMILES string of the molecule is c1ccc(-c2nc(-c3ccccc3)nc(-c3cccc(-n4c5cc(-c6ccccn6)cc6c5c5c7c(cccc7ccc54)-c4ccccc4-6)c3)n2)cc1. The van der Waals surface area contributed by atoms with Gasteiger partial charge in [0.2, 0.25) is 0 Å². The molecule has 0 bridgehead atoms. The Labute approximate surface area is 305 Å². The van der Waals surface area contributed by atoms with Gasteiger partial charge in [0.15, 0.2) is 17.5 Å². The average Bonchev–Trinajstić information content (AvgIpc) is 3.52. The first kappa shape index (κ1) is 29.5. The maximum absolute atomic E-state index is 5.06. The molecule has 0 radical (unpaired) electrons. The third kappa shape index (κ3) is 4.64. The highest BCUT2D eigenvalue weighted by molar-refractivity contribution is 6.30. The van der Waals surface area contributed by atoms with E-state index in [1.165, 1.54) is 43.8 Å². The lowest BCUT2D eigenvalue weighted by Gasteiger charge is -2.15. The van der Waals surface area contributed by atoms with Gasteiger partial charge in [0.05, 0.1) is 16.7 Å². The third-order valence-electron chi connectivity index (χ3n) is 10.4. The van der Waals surface area contributed by atoms with Gasteiger partial charge in [-0.2, -0.15) is 0 Å². The Balaban J connectivity index is 1.21. The van der Waals surface area contributed by atoms with E-state index in [0.29, 0.717) is 17.5 Å². The predicted octanol–water partition coefficient (Wildman–Crippen LogP) is 11.8. The number of aromatic nitrogens is 5. The van der Waals surface area contributed by atoms with Crippen molar-refractivity contribution in [1.29, 1.82) is 0 Å². The maximum atomic E-state index is 5.06. The molecule has 1 aliphatic rings. The van der Waals surface area contributed by atoms with Crippen LogP contribution in [0.3, 0.4) is 0 Å². The minimum Gasteiger partial charge on any atom is -0.309 e. The highest BCUT2D eigenvalue weighted by atomic mass is 15.0. The van der Waals surface area contributed by atoms with Gasteiger partial charge in [-0.3, -0.25) is 4.98 Å². The van der Waals surface area contributed by atoms with E-state index in [1.807, 2.05) is 72.9 Å². The van der Waals surface area contributed by atoms with Gasteiger partial charge in [-0.1, -0.05) is 127 Å². The zero-order valence-electron chi connectivity index (χ0n) is 28.5. The van der Waals surface area contributed by atoms with Crippen molar-refractivity contribution < 1.29 is 0 Å². The molecule has 53 heavy (non-hydrogen) atoms. The van der Waals surface area contributed by atoms with Crippen LogP contribution in [-0.2, 0) is 0 Å². The van der Waals surface area contributed by atoms with Gasteiger partial charge in [-0.05, 0) is 75.5 Å². The number of benzene rings is 7. The first-order valence-electron chi connectivity index (χ1n) is 17.8. The summed E-state index contributed by atoms with van der Waals surface area (Å²) >= 11 is 0. The zero-order chi connectivity index (χ0) is 34.9. The zero-order valence-corrected chi connectivity index (χ0v) is 28.5. The molecule has 3 heterocycles. The predicted molar refractivity (Wildman–Crippen MR) is 216 cm³/mol. The summed E-state index contributed by atoms with van der Waals surface area (Å²) in [5.41, 5.74) is 13.0. The lowest BCUT2D eigenvalue weighted by Crippen LogP contribution is -2.01. The van der Waals surface area contributed by atoms with Gasteiger partial charge in [0, 0.05) is 44.9 Å². The lowest BCUT2D eigenvalue weighted by atomic mass is 9.92. The van der Waals surface area contributed by atoms with Crippen LogP contribution in [0.15, 0.2) is 176 Å². The Bertz CT molecular complexity index is 2980. The quantitative estimate of drug-likeness (QED) is 0.182. The van der Waals surface area contributed by atoms with Gasteiger partial charge < -0.3 is 4.57 Å². The van der Waals surface area contributed by atoms with Crippen molar-refractivity contribution in [3.8, 4) is 73.4 Å². The van der Waals surface area contributed by atoms with E-state index in [9.17, 15) is 0 Å². The minimum absolute atomic E-state index is 0.623. The van der Waals surface area contributed by atoms with Gasteiger partial charge in [-0.15, -0.1) is 0 Å². The summed E-state index contributed by atoms with van der Waals surface area (Å²) in [6.07, 6.45) is 1.87. The molecule has 0 unspecified atom stereocenters. The second-order valence-corrected chi connectivity index (χ2v) is 13.5. The molecule has 5 heteroatoms. The Kier molecular flexibility index (Phi) is 6.48. The van der Waals surface area contributed by atoms with E-state index >= 15 is 0 Å². The normalized spacial score (nSPS) is 11.8. The summed E-state index contributed by atoms with van der Waals surface area (Å²) in [7, 11) is 0. The second kappa shape index (κ2) is 11.7. The van der Waals surface area contributed by atoms with Gasteiger partial charge in [0.1, 0.15) is 0 Å². The Morgan fingerprint density at radius 1 is 0.358 bits per heavy atom. The second-order valence-electron chi connectivity index (χ2n) is 13.5. The molecule has 0 saturated heterocycles. The molecule has 0 fully saturated rings. The number of nitrogens with zero attached hydrogens (tertiary/aromatic N) is 5. The van der Waals surface area contributed by atoms with Crippen LogP contribution in [0.1, 0.15) is 0 Å².